The molecule has 1 saturated heterocycles. The van der Waals surface area contributed by atoms with Crippen molar-refractivity contribution in [3.63, 3.8) is 0 Å². The molecule has 0 unspecified atom stereocenters. The fraction of sp³-hybridized carbons (Fsp3) is 0.722. The van der Waals surface area contributed by atoms with Crippen LogP contribution in [0.2, 0.25) is 0 Å². The van der Waals surface area contributed by atoms with Crippen LogP contribution >= 0.6 is 0 Å². The van der Waals surface area contributed by atoms with Crippen LogP contribution in [-0.4, -0.2) is 48.5 Å². The van der Waals surface area contributed by atoms with Crippen LogP contribution in [0.4, 0.5) is 4.79 Å². The largest absolute Gasteiger partial charge is 0.442 e. The summed E-state index contributed by atoms with van der Waals surface area (Å²) in [6.45, 7) is 6.42. The molecular weight excluding hydrogens is 324 g/mol. The smallest absolute Gasteiger partial charge is 0.428 e. The van der Waals surface area contributed by atoms with Gasteiger partial charge < -0.3 is 9.47 Å². The average Bonchev–Trinajstić information content (AvgIpc) is 2.53. The minimum absolute atomic E-state index is 0.131. The maximum atomic E-state index is 12.8. The highest BCUT2D eigenvalue weighted by Crippen LogP contribution is 2.27. The van der Waals surface area contributed by atoms with Gasteiger partial charge in [0.05, 0.1) is 5.57 Å². The average molecular weight is 352 g/mol. The van der Waals surface area contributed by atoms with E-state index < -0.39 is 11.7 Å². The minimum Gasteiger partial charge on any atom is -0.442 e. The van der Waals surface area contributed by atoms with Crippen LogP contribution in [0.5, 0.6) is 0 Å². The summed E-state index contributed by atoms with van der Waals surface area (Å²) in [4.78, 5) is 37.4. The molecule has 1 amide bonds. The van der Waals surface area contributed by atoms with Crippen molar-refractivity contribution in [1.29, 1.82) is 0 Å². The molecule has 1 aliphatic carbocycles. The van der Waals surface area contributed by atoms with Gasteiger partial charge in [0.25, 0.3) is 0 Å². The molecule has 1 fully saturated rings. The van der Waals surface area contributed by atoms with Crippen molar-refractivity contribution in [3.05, 3.63) is 11.3 Å². The number of nitrogens with zero attached hydrogens (tertiary/aromatic N) is 1. The van der Waals surface area contributed by atoms with Gasteiger partial charge in [-0.25, -0.2) is 9.80 Å². The normalized spacial score (nSPS) is 19.6. The summed E-state index contributed by atoms with van der Waals surface area (Å²) in [6, 6.07) is 0. The van der Waals surface area contributed by atoms with Crippen LogP contribution in [0.1, 0.15) is 52.9 Å². The first kappa shape index (κ1) is 19.4. The molecule has 0 radical (unpaired) electrons. The molecule has 0 bridgehead atoms. The molecule has 1 N–H and O–H groups in total. The summed E-state index contributed by atoms with van der Waals surface area (Å²) in [5.74, 6) is -0.467. The van der Waals surface area contributed by atoms with E-state index in [4.69, 9.17) is 9.47 Å². The van der Waals surface area contributed by atoms with Crippen molar-refractivity contribution < 1.29 is 23.9 Å². The standard InChI is InChI=1S/C18H28N2O5/c1-18(2,3)25-17(23)20(4)19-13-6-5-7-14(21)15(13)16(22)12-8-10-24-11-9-12/h12,19H,5-11H2,1-4H3. The maximum absolute atomic E-state index is 12.8. The number of ether oxygens (including phenoxy) is 2. The van der Waals surface area contributed by atoms with Crippen LogP contribution in [0.25, 0.3) is 0 Å². The van der Waals surface area contributed by atoms with Gasteiger partial charge in [-0.05, 0) is 46.5 Å². The fourth-order valence-corrected chi connectivity index (χ4v) is 2.98. The van der Waals surface area contributed by atoms with Crippen molar-refractivity contribution in [3.8, 4) is 0 Å². The molecule has 1 heterocycles. The summed E-state index contributed by atoms with van der Waals surface area (Å²) in [6.07, 6.45) is 2.29. The third-order valence-corrected chi connectivity index (χ3v) is 4.22. The molecule has 0 aromatic heterocycles. The Morgan fingerprint density at radius 3 is 2.44 bits per heavy atom. The second-order valence-electron chi connectivity index (χ2n) is 7.53. The Morgan fingerprint density at radius 2 is 1.84 bits per heavy atom. The number of carbonyl (C=O) groups is 3. The summed E-state index contributed by atoms with van der Waals surface area (Å²) >= 11 is 0. The third kappa shape index (κ3) is 5.29. The predicted molar refractivity (Wildman–Crippen MR) is 91.6 cm³/mol. The number of nitrogens with one attached hydrogen (secondary N) is 1. The van der Waals surface area contributed by atoms with E-state index in [1.165, 1.54) is 12.1 Å². The van der Waals surface area contributed by atoms with E-state index in [2.05, 4.69) is 5.43 Å². The van der Waals surface area contributed by atoms with Crippen LogP contribution < -0.4 is 5.43 Å². The Morgan fingerprint density at radius 1 is 1.20 bits per heavy atom. The lowest BCUT2D eigenvalue weighted by Gasteiger charge is -2.29. The van der Waals surface area contributed by atoms with Crippen molar-refractivity contribution in [2.24, 2.45) is 5.92 Å². The molecule has 140 valence electrons. The van der Waals surface area contributed by atoms with Gasteiger partial charge in [-0.1, -0.05) is 0 Å². The second-order valence-corrected chi connectivity index (χ2v) is 7.53. The Balaban J connectivity index is 2.16. The Kier molecular flexibility index (Phi) is 6.21. The zero-order valence-corrected chi connectivity index (χ0v) is 15.5. The Labute approximate surface area is 148 Å². The highest BCUT2D eigenvalue weighted by molar-refractivity contribution is 6.21. The van der Waals surface area contributed by atoms with Crippen LogP contribution in [0.3, 0.4) is 0 Å². The van der Waals surface area contributed by atoms with Crippen LogP contribution in [0, 0.1) is 5.92 Å². The van der Waals surface area contributed by atoms with Gasteiger partial charge in [0, 0.05) is 38.3 Å². The van der Waals surface area contributed by atoms with E-state index in [0.29, 0.717) is 51.0 Å². The number of carbonyl (C=O) groups excluding carboxylic acids is 3. The summed E-state index contributed by atoms with van der Waals surface area (Å²) in [5, 5.41) is 1.19. The zero-order valence-electron chi connectivity index (χ0n) is 15.5. The first-order valence-electron chi connectivity index (χ1n) is 8.80. The van der Waals surface area contributed by atoms with E-state index >= 15 is 0 Å². The monoisotopic (exact) mass is 352 g/mol. The fourth-order valence-electron chi connectivity index (χ4n) is 2.98. The molecule has 0 saturated carbocycles. The number of rotatable bonds is 4. The molecule has 1 aliphatic heterocycles. The van der Waals surface area contributed by atoms with Gasteiger partial charge in [0.15, 0.2) is 11.6 Å². The van der Waals surface area contributed by atoms with Gasteiger partial charge >= 0.3 is 6.09 Å². The maximum Gasteiger partial charge on any atom is 0.428 e. The van der Waals surface area contributed by atoms with Crippen molar-refractivity contribution in [2.45, 2.75) is 58.5 Å². The third-order valence-electron chi connectivity index (χ3n) is 4.22. The molecule has 0 spiro atoms. The first-order valence-corrected chi connectivity index (χ1v) is 8.80. The quantitative estimate of drug-likeness (QED) is 0.617. The summed E-state index contributed by atoms with van der Waals surface area (Å²) < 4.78 is 10.6. The molecule has 2 rings (SSSR count). The van der Waals surface area contributed by atoms with Crippen molar-refractivity contribution >= 4 is 17.7 Å². The molecule has 0 aromatic carbocycles. The van der Waals surface area contributed by atoms with Gasteiger partial charge in [-0.3, -0.25) is 15.0 Å². The first-order chi connectivity index (χ1) is 11.7. The van der Waals surface area contributed by atoms with E-state index in [9.17, 15) is 14.4 Å². The lowest BCUT2D eigenvalue weighted by atomic mass is 9.84. The SMILES string of the molecule is CN(NC1=C(C(=O)C2CCOCC2)C(=O)CCC1)C(=O)OC(C)(C)C. The molecule has 7 nitrogen and oxygen atoms in total. The molecular formula is C18H28N2O5. The van der Waals surface area contributed by atoms with Gasteiger partial charge in [0.2, 0.25) is 0 Å². The van der Waals surface area contributed by atoms with Crippen molar-refractivity contribution in [1.82, 2.24) is 10.4 Å². The minimum atomic E-state index is -0.621. The molecule has 0 atom stereocenters. The molecule has 2 aliphatic rings. The molecule has 0 aromatic rings. The number of hydrogen-bond donors (Lipinski definition) is 1. The summed E-state index contributed by atoms with van der Waals surface area (Å²) in [5.41, 5.74) is 3.02. The summed E-state index contributed by atoms with van der Waals surface area (Å²) in [7, 11) is 1.52. The topological polar surface area (TPSA) is 84.9 Å². The van der Waals surface area contributed by atoms with E-state index in [1.807, 2.05) is 0 Å². The highest BCUT2D eigenvalue weighted by Gasteiger charge is 2.33. The number of Topliss-reactive ketones (excluding diaryl/α,β-unsaturated/α-hetero) is 2. The second kappa shape index (κ2) is 7.99. The number of amides is 1. The lowest BCUT2D eigenvalue weighted by Crippen LogP contribution is -2.44. The van der Waals surface area contributed by atoms with Crippen molar-refractivity contribution in [2.75, 3.05) is 20.3 Å². The predicted octanol–water partition coefficient (Wildman–Crippen LogP) is 2.36. The number of hydrazine groups is 1. The molecule has 25 heavy (non-hydrogen) atoms. The number of allylic oxidation sites excluding steroid dienone is 2. The van der Waals surface area contributed by atoms with E-state index in [-0.39, 0.29) is 23.1 Å². The van der Waals surface area contributed by atoms with E-state index in [1.54, 1.807) is 20.8 Å². The van der Waals surface area contributed by atoms with E-state index in [0.717, 1.165) is 0 Å². The van der Waals surface area contributed by atoms with Gasteiger partial charge in [-0.15, -0.1) is 0 Å². The van der Waals surface area contributed by atoms with Crippen LogP contribution in [0.15, 0.2) is 11.3 Å². The van der Waals surface area contributed by atoms with Gasteiger partial charge in [-0.2, -0.15) is 0 Å². The Bertz CT molecular complexity index is 571. The highest BCUT2D eigenvalue weighted by atomic mass is 16.6. The van der Waals surface area contributed by atoms with Gasteiger partial charge in [0.1, 0.15) is 5.60 Å². The Hall–Kier alpha value is -1.89. The molecule has 7 heteroatoms. The number of ketones is 2. The lowest BCUT2D eigenvalue weighted by molar-refractivity contribution is -0.126. The number of hydrogen-bond acceptors (Lipinski definition) is 6. The zero-order chi connectivity index (χ0) is 18.6. The van der Waals surface area contributed by atoms with Crippen LogP contribution in [-0.2, 0) is 19.1 Å².